The Kier molecular flexibility index (Phi) is 3.28. The van der Waals surface area contributed by atoms with Gasteiger partial charge in [-0.3, -0.25) is 0 Å². The third kappa shape index (κ3) is 2.60. The lowest BCUT2D eigenvalue weighted by Crippen LogP contribution is -2.35. The molecule has 0 amide bonds. The number of rotatable bonds is 2. The van der Waals surface area contributed by atoms with Gasteiger partial charge in [0.15, 0.2) is 0 Å². The van der Waals surface area contributed by atoms with Gasteiger partial charge in [0.1, 0.15) is 0 Å². The van der Waals surface area contributed by atoms with E-state index >= 15 is 0 Å². The van der Waals surface area contributed by atoms with Crippen molar-refractivity contribution >= 4 is 0 Å². The Labute approximate surface area is 111 Å². The smallest absolute Gasteiger partial charge is 0.0680 e. The number of hydrogen-bond donors (Lipinski definition) is 1. The van der Waals surface area contributed by atoms with Gasteiger partial charge in [0.2, 0.25) is 0 Å². The fraction of sp³-hybridized carbons (Fsp3) is 0.625. The van der Waals surface area contributed by atoms with Crippen molar-refractivity contribution in [3.63, 3.8) is 0 Å². The molecule has 2 nitrogen and oxygen atoms in total. The van der Waals surface area contributed by atoms with Crippen LogP contribution in [0.4, 0.5) is 0 Å². The van der Waals surface area contributed by atoms with Crippen LogP contribution in [-0.2, 0) is 4.74 Å². The van der Waals surface area contributed by atoms with Crippen molar-refractivity contribution in [1.29, 1.82) is 0 Å². The zero-order valence-electron chi connectivity index (χ0n) is 12.2. The third-order valence-electron chi connectivity index (χ3n) is 4.04. The Morgan fingerprint density at radius 2 is 1.72 bits per heavy atom. The average Bonchev–Trinajstić information content (AvgIpc) is 2.47. The summed E-state index contributed by atoms with van der Waals surface area (Å²) in [6, 6.07) is 8.58. The average molecular weight is 247 g/mol. The van der Waals surface area contributed by atoms with Crippen molar-refractivity contribution in [2.75, 3.05) is 0 Å². The van der Waals surface area contributed by atoms with Crippen LogP contribution in [0.15, 0.2) is 24.3 Å². The van der Waals surface area contributed by atoms with Gasteiger partial charge in [-0.25, -0.2) is 0 Å². The van der Waals surface area contributed by atoms with Crippen molar-refractivity contribution in [1.82, 2.24) is 0 Å². The molecule has 100 valence electrons. The Hall–Kier alpha value is -0.860. The zero-order chi connectivity index (χ0) is 13.6. The molecule has 0 spiro atoms. The maximum absolute atomic E-state index is 6.47. The van der Waals surface area contributed by atoms with Gasteiger partial charge in [-0.05, 0) is 46.6 Å². The first kappa shape index (κ1) is 13.6. The van der Waals surface area contributed by atoms with Crippen molar-refractivity contribution in [3.8, 4) is 0 Å². The summed E-state index contributed by atoms with van der Waals surface area (Å²) in [5.74, 6) is 0.357. The predicted molar refractivity (Wildman–Crippen MR) is 75.5 cm³/mol. The van der Waals surface area contributed by atoms with Crippen LogP contribution in [0.1, 0.15) is 51.3 Å². The van der Waals surface area contributed by atoms with E-state index in [0.29, 0.717) is 5.92 Å². The Balaban J connectivity index is 2.23. The van der Waals surface area contributed by atoms with E-state index in [1.54, 1.807) is 0 Å². The summed E-state index contributed by atoms with van der Waals surface area (Å²) >= 11 is 0. The Morgan fingerprint density at radius 3 is 2.17 bits per heavy atom. The second-order valence-corrected chi connectivity index (χ2v) is 6.71. The van der Waals surface area contributed by atoms with Crippen LogP contribution >= 0.6 is 0 Å². The van der Waals surface area contributed by atoms with Gasteiger partial charge in [0.05, 0.1) is 11.2 Å². The standard InChI is InChI=1S/C16H25NO/c1-11-6-8-12(9-7-11)14(17)13-10-15(2,3)18-16(13,4)5/h6-9,13-14H,10,17H2,1-5H3. The Bertz CT molecular complexity index is 419. The molecule has 0 radical (unpaired) electrons. The molecule has 1 heterocycles. The van der Waals surface area contributed by atoms with E-state index < -0.39 is 0 Å². The molecule has 2 N–H and O–H groups in total. The van der Waals surface area contributed by atoms with Crippen LogP contribution in [0.25, 0.3) is 0 Å². The monoisotopic (exact) mass is 247 g/mol. The summed E-state index contributed by atoms with van der Waals surface area (Å²) in [5.41, 5.74) is 8.72. The number of benzene rings is 1. The minimum absolute atomic E-state index is 0.0439. The number of aryl methyl sites for hydroxylation is 1. The van der Waals surface area contributed by atoms with Crippen LogP contribution < -0.4 is 5.73 Å². The highest BCUT2D eigenvalue weighted by atomic mass is 16.5. The topological polar surface area (TPSA) is 35.2 Å². The zero-order valence-corrected chi connectivity index (χ0v) is 12.2. The SMILES string of the molecule is Cc1ccc(C(N)C2CC(C)(C)OC2(C)C)cc1. The van der Waals surface area contributed by atoms with Crippen LogP contribution in [0.3, 0.4) is 0 Å². The minimum Gasteiger partial charge on any atom is -0.369 e. The lowest BCUT2D eigenvalue weighted by molar-refractivity contribution is -0.0767. The van der Waals surface area contributed by atoms with E-state index in [0.717, 1.165) is 6.42 Å². The molecule has 18 heavy (non-hydrogen) atoms. The first-order valence-corrected chi connectivity index (χ1v) is 6.74. The minimum atomic E-state index is -0.159. The summed E-state index contributed by atoms with van der Waals surface area (Å²) < 4.78 is 6.14. The maximum atomic E-state index is 6.47. The molecule has 0 saturated carbocycles. The summed E-state index contributed by atoms with van der Waals surface area (Å²) in [6.45, 7) is 10.7. The summed E-state index contributed by atoms with van der Waals surface area (Å²) in [7, 11) is 0. The summed E-state index contributed by atoms with van der Waals surface area (Å²) in [6.07, 6.45) is 1.01. The van der Waals surface area contributed by atoms with E-state index in [9.17, 15) is 0 Å². The highest BCUT2D eigenvalue weighted by Crippen LogP contribution is 2.46. The van der Waals surface area contributed by atoms with E-state index in [4.69, 9.17) is 10.5 Å². The van der Waals surface area contributed by atoms with Crippen molar-refractivity contribution in [2.45, 2.75) is 58.3 Å². The highest BCUT2D eigenvalue weighted by Gasteiger charge is 2.48. The molecule has 0 aromatic heterocycles. The normalized spacial score (nSPS) is 27.1. The predicted octanol–water partition coefficient (Wildman–Crippen LogP) is 3.59. The first-order valence-electron chi connectivity index (χ1n) is 6.74. The molecule has 2 unspecified atom stereocenters. The molecule has 2 heteroatoms. The van der Waals surface area contributed by atoms with Gasteiger partial charge < -0.3 is 10.5 Å². The second-order valence-electron chi connectivity index (χ2n) is 6.71. The molecule has 1 fully saturated rings. The van der Waals surface area contributed by atoms with Gasteiger partial charge in [-0.2, -0.15) is 0 Å². The fourth-order valence-corrected chi connectivity index (χ4v) is 3.19. The Morgan fingerprint density at radius 1 is 1.17 bits per heavy atom. The number of ether oxygens (including phenoxy) is 1. The van der Waals surface area contributed by atoms with Crippen LogP contribution in [0, 0.1) is 12.8 Å². The van der Waals surface area contributed by atoms with E-state index in [2.05, 4.69) is 58.9 Å². The largest absolute Gasteiger partial charge is 0.369 e. The second kappa shape index (κ2) is 4.36. The van der Waals surface area contributed by atoms with Gasteiger partial charge in [-0.1, -0.05) is 29.8 Å². The number of nitrogens with two attached hydrogens (primary N) is 1. The molecule has 1 aromatic rings. The lowest BCUT2D eigenvalue weighted by Gasteiger charge is -2.31. The molecule has 2 atom stereocenters. The maximum Gasteiger partial charge on any atom is 0.0680 e. The summed E-state index contributed by atoms with van der Waals surface area (Å²) in [5, 5.41) is 0. The highest BCUT2D eigenvalue weighted by molar-refractivity contribution is 5.25. The van der Waals surface area contributed by atoms with E-state index in [1.807, 2.05) is 0 Å². The van der Waals surface area contributed by atoms with Gasteiger partial charge in [-0.15, -0.1) is 0 Å². The van der Waals surface area contributed by atoms with Gasteiger partial charge in [0.25, 0.3) is 0 Å². The molecular weight excluding hydrogens is 222 g/mol. The first-order chi connectivity index (χ1) is 8.21. The number of hydrogen-bond acceptors (Lipinski definition) is 2. The van der Waals surface area contributed by atoms with Gasteiger partial charge in [0, 0.05) is 12.0 Å². The molecule has 1 saturated heterocycles. The molecule has 0 bridgehead atoms. The molecule has 0 aliphatic carbocycles. The van der Waals surface area contributed by atoms with Crippen LogP contribution in [0.5, 0.6) is 0 Å². The summed E-state index contributed by atoms with van der Waals surface area (Å²) in [4.78, 5) is 0. The van der Waals surface area contributed by atoms with Crippen molar-refractivity contribution < 1.29 is 4.74 Å². The van der Waals surface area contributed by atoms with Crippen LogP contribution in [0.2, 0.25) is 0 Å². The quantitative estimate of drug-likeness (QED) is 0.866. The molecule has 1 aliphatic rings. The molecule has 1 aliphatic heterocycles. The molecule has 2 rings (SSSR count). The van der Waals surface area contributed by atoms with E-state index in [1.165, 1.54) is 11.1 Å². The lowest BCUT2D eigenvalue weighted by atomic mass is 9.79. The fourth-order valence-electron chi connectivity index (χ4n) is 3.19. The molecular formula is C16H25NO. The van der Waals surface area contributed by atoms with Gasteiger partial charge >= 0.3 is 0 Å². The van der Waals surface area contributed by atoms with Crippen molar-refractivity contribution in [3.05, 3.63) is 35.4 Å². The van der Waals surface area contributed by atoms with E-state index in [-0.39, 0.29) is 17.2 Å². The molecule has 1 aromatic carbocycles. The van der Waals surface area contributed by atoms with Crippen LogP contribution in [-0.4, -0.2) is 11.2 Å². The van der Waals surface area contributed by atoms with Crippen molar-refractivity contribution in [2.24, 2.45) is 11.7 Å². The third-order valence-corrected chi connectivity index (χ3v) is 4.04.